The molecule has 3 heterocycles. The zero-order valence-electron chi connectivity index (χ0n) is 16.1. The molecule has 0 bridgehead atoms. The van der Waals surface area contributed by atoms with E-state index in [1.165, 1.54) is 0 Å². The predicted octanol–water partition coefficient (Wildman–Crippen LogP) is 2.37. The zero-order chi connectivity index (χ0) is 20.7. The molecule has 0 spiro atoms. The van der Waals surface area contributed by atoms with Crippen molar-refractivity contribution in [3.05, 3.63) is 39.8 Å². The van der Waals surface area contributed by atoms with Crippen molar-refractivity contribution in [2.45, 2.75) is 19.9 Å². The highest BCUT2D eigenvalue weighted by Gasteiger charge is 2.25. The average molecular weight is 398 g/mol. The van der Waals surface area contributed by atoms with Crippen LogP contribution in [-0.2, 0) is 20.0 Å². The number of fused-ring (bicyclic) bond motifs is 4. The number of hydrogen-bond donors (Lipinski definition) is 5. The summed E-state index contributed by atoms with van der Waals surface area (Å²) in [5.74, 6) is -1.05. The number of nitrogens with one attached hydrogen (secondary N) is 3. The second-order valence-electron chi connectivity index (χ2n) is 6.96. The van der Waals surface area contributed by atoms with E-state index < -0.39 is 23.2 Å². The lowest BCUT2D eigenvalue weighted by Crippen LogP contribution is -2.17. The molecule has 5 N–H and O–H groups in total. The van der Waals surface area contributed by atoms with Crippen LogP contribution in [0.2, 0.25) is 0 Å². The molecule has 1 aromatic carbocycles. The smallest absolute Gasteiger partial charge is 0.504 e. The van der Waals surface area contributed by atoms with Gasteiger partial charge in [0.25, 0.3) is 5.56 Å². The Labute approximate surface area is 165 Å². The number of rotatable bonds is 4. The maximum atomic E-state index is 12.4. The summed E-state index contributed by atoms with van der Waals surface area (Å²) in [6, 6.07) is 6.07. The van der Waals surface area contributed by atoms with Gasteiger partial charge in [-0.3, -0.25) is 4.79 Å². The molecule has 0 radical (unpaired) electrons. The molecule has 0 fully saturated rings. The Hall–Kier alpha value is -3.46. The first-order valence-electron chi connectivity index (χ1n) is 9.37. The Morgan fingerprint density at radius 2 is 2.14 bits per heavy atom. The third-order valence-corrected chi connectivity index (χ3v) is 5.23. The summed E-state index contributed by atoms with van der Waals surface area (Å²) in [6.45, 7) is 4.17. The van der Waals surface area contributed by atoms with Crippen LogP contribution in [0, 0.1) is 0 Å². The van der Waals surface area contributed by atoms with Crippen molar-refractivity contribution < 1.29 is 19.7 Å². The maximum absolute atomic E-state index is 12.4. The monoisotopic (exact) mass is 398 g/mol. The van der Waals surface area contributed by atoms with E-state index in [1.54, 1.807) is 0 Å². The molecule has 1 aliphatic heterocycles. The molecule has 3 aromatic rings. The van der Waals surface area contributed by atoms with Gasteiger partial charge in [-0.15, -0.1) is 0 Å². The number of anilines is 1. The van der Waals surface area contributed by atoms with Crippen LogP contribution in [-0.4, -0.2) is 39.0 Å². The summed E-state index contributed by atoms with van der Waals surface area (Å²) in [5, 5.41) is 27.0. The van der Waals surface area contributed by atoms with Gasteiger partial charge in [0.05, 0.1) is 11.2 Å². The van der Waals surface area contributed by atoms with Crippen LogP contribution < -0.4 is 20.9 Å². The molecule has 29 heavy (non-hydrogen) atoms. The Kier molecular flexibility index (Phi) is 4.67. The molecule has 0 unspecified atom stereocenters. The van der Waals surface area contributed by atoms with Crippen molar-refractivity contribution in [1.29, 1.82) is 0 Å². The second kappa shape index (κ2) is 7.17. The fraction of sp³-hybridized carbons (Fsp3) is 0.300. The van der Waals surface area contributed by atoms with Gasteiger partial charge in [-0.2, -0.15) is 0 Å². The summed E-state index contributed by atoms with van der Waals surface area (Å²) in [5.41, 5.74) is 3.85. The number of ether oxygens (including phenoxy) is 1. The van der Waals surface area contributed by atoms with Gasteiger partial charge in [0.15, 0.2) is 5.75 Å². The summed E-state index contributed by atoms with van der Waals surface area (Å²) in [4.78, 5) is 25.9. The highest BCUT2D eigenvalue weighted by Crippen LogP contribution is 2.40. The number of H-pyrrole nitrogens is 1. The Morgan fingerprint density at radius 1 is 1.34 bits per heavy atom. The zero-order valence-corrected chi connectivity index (χ0v) is 16.1. The number of benzene rings is 1. The van der Waals surface area contributed by atoms with Crippen molar-refractivity contribution >= 4 is 22.7 Å². The highest BCUT2D eigenvalue weighted by molar-refractivity contribution is 5.94. The molecule has 0 aliphatic carbocycles. The van der Waals surface area contributed by atoms with Crippen LogP contribution in [0.3, 0.4) is 0 Å². The minimum atomic E-state index is -1.66. The summed E-state index contributed by atoms with van der Waals surface area (Å²) < 4.78 is 6.61. The largest absolute Gasteiger partial charge is 0.511 e. The SMILES string of the molecule is CCNCc1cc2cc3c(cc2n1C)NCCc1c-3[nH]c(=O)c(OC(=O)O)c1O. The van der Waals surface area contributed by atoms with Gasteiger partial charge in [-0.05, 0) is 31.2 Å². The van der Waals surface area contributed by atoms with E-state index in [0.717, 1.165) is 40.9 Å². The molecule has 9 heteroatoms. The molecular formula is C20H22N4O5. The van der Waals surface area contributed by atoms with Crippen molar-refractivity contribution in [3.63, 3.8) is 0 Å². The minimum absolute atomic E-state index is 0.393. The van der Waals surface area contributed by atoms with Crippen LogP contribution in [0.1, 0.15) is 18.2 Å². The van der Waals surface area contributed by atoms with E-state index in [4.69, 9.17) is 5.11 Å². The lowest BCUT2D eigenvalue weighted by atomic mass is 10.0. The quantitative estimate of drug-likeness (QED) is 0.427. The number of hydrogen-bond acceptors (Lipinski definition) is 6. The van der Waals surface area contributed by atoms with Crippen LogP contribution in [0.15, 0.2) is 23.0 Å². The van der Waals surface area contributed by atoms with Gasteiger partial charge in [0.2, 0.25) is 5.75 Å². The fourth-order valence-electron chi connectivity index (χ4n) is 3.80. The van der Waals surface area contributed by atoms with Gasteiger partial charge >= 0.3 is 6.16 Å². The Balaban J connectivity index is 1.91. The third-order valence-electron chi connectivity index (χ3n) is 5.23. The first-order chi connectivity index (χ1) is 13.9. The van der Waals surface area contributed by atoms with Gasteiger partial charge in [-0.25, -0.2) is 4.79 Å². The second-order valence-corrected chi connectivity index (χ2v) is 6.96. The number of aryl methyl sites for hydroxylation is 1. The molecule has 0 amide bonds. The summed E-state index contributed by atoms with van der Waals surface area (Å²) >= 11 is 0. The topological polar surface area (TPSA) is 129 Å². The highest BCUT2D eigenvalue weighted by atomic mass is 16.7. The number of pyridine rings is 1. The maximum Gasteiger partial charge on any atom is 0.511 e. The normalized spacial score (nSPS) is 12.8. The number of aromatic nitrogens is 2. The number of aromatic hydroxyl groups is 1. The van der Waals surface area contributed by atoms with Crippen LogP contribution in [0.25, 0.3) is 22.2 Å². The fourth-order valence-corrected chi connectivity index (χ4v) is 3.80. The van der Waals surface area contributed by atoms with E-state index in [-0.39, 0.29) is 0 Å². The number of aromatic amines is 1. The van der Waals surface area contributed by atoms with Gasteiger partial charge in [0.1, 0.15) is 0 Å². The van der Waals surface area contributed by atoms with Crippen LogP contribution >= 0.6 is 0 Å². The van der Waals surface area contributed by atoms with E-state index in [1.807, 2.05) is 19.2 Å². The number of carboxylic acid groups (broad SMARTS) is 1. The molecule has 0 saturated heterocycles. The molecule has 4 rings (SSSR count). The molecule has 152 valence electrons. The lowest BCUT2D eigenvalue weighted by molar-refractivity contribution is 0.142. The Morgan fingerprint density at radius 3 is 2.86 bits per heavy atom. The van der Waals surface area contributed by atoms with Crippen molar-refractivity contribution in [3.8, 4) is 22.8 Å². The molecular weight excluding hydrogens is 376 g/mol. The van der Waals surface area contributed by atoms with Gasteiger partial charge in [0, 0.05) is 48.0 Å². The molecule has 0 atom stereocenters. The molecule has 1 aliphatic rings. The third kappa shape index (κ3) is 3.19. The first-order valence-corrected chi connectivity index (χ1v) is 9.37. The number of carbonyl (C=O) groups is 1. The van der Waals surface area contributed by atoms with Crippen molar-refractivity contribution in [2.24, 2.45) is 7.05 Å². The van der Waals surface area contributed by atoms with Gasteiger partial charge < -0.3 is 35.1 Å². The van der Waals surface area contributed by atoms with Crippen molar-refractivity contribution in [2.75, 3.05) is 18.4 Å². The molecule has 0 saturated carbocycles. The average Bonchev–Trinajstić information content (AvgIpc) is 2.87. The molecule has 9 nitrogen and oxygen atoms in total. The molecule has 2 aromatic heterocycles. The lowest BCUT2D eigenvalue weighted by Gasteiger charge is -2.13. The predicted molar refractivity (Wildman–Crippen MR) is 109 cm³/mol. The minimum Gasteiger partial charge on any atom is -0.504 e. The summed E-state index contributed by atoms with van der Waals surface area (Å²) in [6.07, 6.45) is -1.26. The first kappa shape index (κ1) is 18.9. The van der Waals surface area contributed by atoms with Gasteiger partial charge in [-0.1, -0.05) is 6.92 Å². The van der Waals surface area contributed by atoms with Crippen LogP contribution in [0.4, 0.5) is 10.5 Å². The van der Waals surface area contributed by atoms with E-state index in [2.05, 4.69) is 37.9 Å². The van der Waals surface area contributed by atoms with E-state index >= 15 is 0 Å². The standard InChI is InChI=1S/C20H22N4O5/c1-3-21-9-11-6-10-7-13-14(8-15(10)24(11)2)22-5-4-12-16(13)23-19(26)18(17(12)25)29-20(27)28/h6-8,21-22H,3-5,9H2,1-2H3,(H,27,28)(H2,23,25,26). The van der Waals surface area contributed by atoms with E-state index in [0.29, 0.717) is 24.2 Å². The van der Waals surface area contributed by atoms with Crippen molar-refractivity contribution in [1.82, 2.24) is 14.9 Å². The van der Waals surface area contributed by atoms with Crippen LogP contribution in [0.5, 0.6) is 11.5 Å². The summed E-state index contributed by atoms with van der Waals surface area (Å²) in [7, 11) is 2.01. The van der Waals surface area contributed by atoms with E-state index in [9.17, 15) is 14.7 Å². The number of nitrogens with zero attached hydrogens (tertiary/aromatic N) is 1. The Bertz CT molecular complexity index is 1180.